The van der Waals surface area contributed by atoms with Crippen LogP contribution in [-0.2, 0) is 9.53 Å². The molecule has 0 aliphatic rings. The highest BCUT2D eigenvalue weighted by molar-refractivity contribution is 5.91. The van der Waals surface area contributed by atoms with Gasteiger partial charge in [-0.25, -0.2) is 9.18 Å². The van der Waals surface area contributed by atoms with Gasteiger partial charge in [0.25, 0.3) is 5.91 Å². The third kappa shape index (κ3) is 6.46. The van der Waals surface area contributed by atoms with E-state index in [4.69, 9.17) is 18.9 Å². The molecule has 0 heterocycles. The number of rotatable bonds is 10. The molecule has 28 heavy (non-hydrogen) atoms. The molecule has 7 nitrogen and oxygen atoms in total. The summed E-state index contributed by atoms with van der Waals surface area (Å²) in [6.45, 7) is 2.43. The Morgan fingerprint density at radius 1 is 1.00 bits per heavy atom. The lowest BCUT2D eigenvalue weighted by Crippen LogP contribution is -2.32. The monoisotopic (exact) mass is 391 g/mol. The van der Waals surface area contributed by atoms with Crippen LogP contribution in [0.3, 0.4) is 0 Å². The fourth-order valence-corrected chi connectivity index (χ4v) is 2.21. The molecule has 2 aromatic rings. The summed E-state index contributed by atoms with van der Waals surface area (Å²) in [5, 5.41) is 2.54. The van der Waals surface area contributed by atoms with Gasteiger partial charge in [-0.1, -0.05) is 0 Å². The number of carbonyl (C=O) groups excluding carboxylic acids is 2. The van der Waals surface area contributed by atoms with Gasteiger partial charge in [-0.2, -0.15) is 0 Å². The van der Waals surface area contributed by atoms with Gasteiger partial charge in [0.05, 0.1) is 25.8 Å². The van der Waals surface area contributed by atoms with Gasteiger partial charge in [0.15, 0.2) is 6.61 Å². The third-order valence-corrected chi connectivity index (χ3v) is 3.56. The molecule has 0 spiro atoms. The molecule has 0 saturated carbocycles. The molecule has 0 atom stereocenters. The molecule has 1 amide bonds. The number of hydrogen-bond donors (Lipinski definition) is 1. The summed E-state index contributed by atoms with van der Waals surface area (Å²) < 4.78 is 34.3. The topological polar surface area (TPSA) is 83.1 Å². The van der Waals surface area contributed by atoms with Gasteiger partial charge in [0.2, 0.25) is 0 Å². The van der Waals surface area contributed by atoms with E-state index in [1.165, 1.54) is 19.2 Å². The molecule has 0 radical (unpaired) electrons. The molecule has 0 saturated heterocycles. The van der Waals surface area contributed by atoms with E-state index in [-0.39, 0.29) is 24.5 Å². The van der Waals surface area contributed by atoms with E-state index in [0.29, 0.717) is 12.4 Å². The molecule has 0 bridgehead atoms. The maximum atomic E-state index is 13.8. The first-order valence-electron chi connectivity index (χ1n) is 8.66. The first kappa shape index (κ1) is 21.0. The fourth-order valence-electron chi connectivity index (χ4n) is 2.21. The molecule has 0 aromatic heterocycles. The number of carbonyl (C=O) groups is 2. The van der Waals surface area contributed by atoms with E-state index in [1.807, 2.05) is 6.92 Å². The van der Waals surface area contributed by atoms with Crippen LogP contribution in [0.2, 0.25) is 0 Å². The lowest BCUT2D eigenvalue weighted by Gasteiger charge is -2.09. The molecule has 1 N–H and O–H groups in total. The second-order valence-electron chi connectivity index (χ2n) is 5.52. The number of esters is 1. The van der Waals surface area contributed by atoms with Crippen LogP contribution in [0.4, 0.5) is 4.39 Å². The van der Waals surface area contributed by atoms with Crippen LogP contribution in [0.25, 0.3) is 0 Å². The van der Waals surface area contributed by atoms with Crippen LogP contribution in [0.15, 0.2) is 42.5 Å². The van der Waals surface area contributed by atoms with Gasteiger partial charge >= 0.3 is 5.97 Å². The SMILES string of the molecule is CCOc1ccc(OCCNC(=O)COC(=O)c2ccc(OC)cc2F)cc1. The molecule has 0 unspecified atom stereocenters. The standard InChI is InChI=1S/C20H22FNO6/c1-3-26-14-4-6-15(7-5-14)27-11-10-22-19(23)13-28-20(24)17-9-8-16(25-2)12-18(17)21/h4-9,12H,3,10-11,13H2,1-2H3,(H,22,23). The number of benzene rings is 2. The number of ether oxygens (including phenoxy) is 4. The molecule has 0 fully saturated rings. The van der Waals surface area contributed by atoms with Crippen LogP contribution in [0, 0.1) is 5.82 Å². The molecular weight excluding hydrogens is 369 g/mol. The van der Waals surface area contributed by atoms with Gasteiger partial charge in [0, 0.05) is 6.07 Å². The Morgan fingerprint density at radius 2 is 1.64 bits per heavy atom. The second-order valence-corrected chi connectivity index (χ2v) is 5.52. The number of amides is 1. The molecule has 0 aliphatic carbocycles. The van der Waals surface area contributed by atoms with Crippen molar-refractivity contribution < 1.29 is 32.9 Å². The largest absolute Gasteiger partial charge is 0.497 e. The molecule has 8 heteroatoms. The smallest absolute Gasteiger partial charge is 0.341 e. The maximum Gasteiger partial charge on any atom is 0.341 e. The minimum absolute atomic E-state index is 0.223. The first-order valence-corrected chi connectivity index (χ1v) is 8.66. The zero-order valence-electron chi connectivity index (χ0n) is 15.7. The van der Waals surface area contributed by atoms with E-state index in [9.17, 15) is 14.0 Å². The van der Waals surface area contributed by atoms with Crippen LogP contribution in [0.1, 0.15) is 17.3 Å². The summed E-state index contributed by atoms with van der Waals surface area (Å²) in [5.41, 5.74) is -0.271. The average molecular weight is 391 g/mol. The Hall–Kier alpha value is -3.29. The van der Waals surface area contributed by atoms with Crippen LogP contribution < -0.4 is 19.5 Å². The van der Waals surface area contributed by atoms with Gasteiger partial charge in [-0.15, -0.1) is 0 Å². The summed E-state index contributed by atoms with van der Waals surface area (Å²) in [6.07, 6.45) is 0. The average Bonchev–Trinajstić information content (AvgIpc) is 2.70. The van der Waals surface area contributed by atoms with Crippen molar-refractivity contribution in [1.82, 2.24) is 5.32 Å². The Kier molecular flexibility index (Phi) is 8.08. The highest BCUT2D eigenvalue weighted by Crippen LogP contribution is 2.18. The van der Waals surface area contributed by atoms with E-state index in [0.717, 1.165) is 11.8 Å². The summed E-state index contributed by atoms with van der Waals surface area (Å²) in [5.74, 6) is -0.566. The van der Waals surface area contributed by atoms with E-state index in [1.54, 1.807) is 24.3 Å². The van der Waals surface area contributed by atoms with Crippen molar-refractivity contribution in [2.24, 2.45) is 0 Å². The highest BCUT2D eigenvalue weighted by Gasteiger charge is 2.15. The predicted octanol–water partition coefficient (Wildman–Crippen LogP) is 2.58. The molecule has 0 aliphatic heterocycles. The minimum Gasteiger partial charge on any atom is -0.497 e. The molecule has 2 rings (SSSR count). The lowest BCUT2D eigenvalue weighted by molar-refractivity contribution is -0.124. The van der Waals surface area contributed by atoms with Gasteiger partial charge < -0.3 is 24.3 Å². The third-order valence-electron chi connectivity index (χ3n) is 3.56. The minimum atomic E-state index is -0.930. The quantitative estimate of drug-likeness (QED) is 0.495. The lowest BCUT2D eigenvalue weighted by atomic mass is 10.2. The zero-order chi connectivity index (χ0) is 20.4. The Labute approximate surface area is 162 Å². The van der Waals surface area contributed by atoms with E-state index >= 15 is 0 Å². The fraction of sp³-hybridized carbons (Fsp3) is 0.300. The van der Waals surface area contributed by atoms with E-state index in [2.05, 4.69) is 5.32 Å². The predicted molar refractivity (Wildman–Crippen MR) is 99.4 cm³/mol. The maximum absolute atomic E-state index is 13.8. The molecule has 2 aromatic carbocycles. The van der Waals surface area contributed by atoms with Gasteiger partial charge in [-0.3, -0.25) is 4.79 Å². The van der Waals surface area contributed by atoms with Crippen molar-refractivity contribution >= 4 is 11.9 Å². The van der Waals surface area contributed by atoms with Crippen molar-refractivity contribution in [3.63, 3.8) is 0 Å². The zero-order valence-corrected chi connectivity index (χ0v) is 15.7. The van der Waals surface area contributed by atoms with Crippen LogP contribution in [-0.4, -0.2) is 45.4 Å². The summed E-state index contributed by atoms with van der Waals surface area (Å²) in [7, 11) is 1.39. The first-order chi connectivity index (χ1) is 13.5. The van der Waals surface area contributed by atoms with Crippen molar-refractivity contribution in [1.29, 1.82) is 0 Å². The second kappa shape index (κ2) is 10.8. The summed E-state index contributed by atoms with van der Waals surface area (Å²) in [4.78, 5) is 23.6. The normalized spacial score (nSPS) is 10.1. The Bertz CT molecular complexity index is 794. The van der Waals surface area contributed by atoms with Crippen LogP contribution >= 0.6 is 0 Å². The number of nitrogens with one attached hydrogen (secondary N) is 1. The summed E-state index contributed by atoms with van der Waals surface area (Å²) >= 11 is 0. The summed E-state index contributed by atoms with van der Waals surface area (Å²) in [6, 6.07) is 10.8. The Morgan fingerprint density at radius 3 is 2.25 bits per heavy atom. The van der Waals surface area contributed by atoms with Gasteiger partial charge in [-0.05, 0) is 43.3 Å². The van der Waals surface area contributed by atoms with Crippen molar-refractivity contribution in [2.75, 3.05) is 33.5 Å². The number of halogens is 1. The van der Waals surface area contributed by atoms with Crippen molar-refractivity contribution in [2.45, 2.75) is 6.92 Å². The van der Waals surface area contributed by atoms with Crippen molar-refractivity contribution in [3.8, 4) is 17.2 Å². The number of hydrogen-bond acceptors (Lipinski definition) is 6. The van der Waals surface area contributed by atoms with Crippen molar-refractivity contribution in [3.05, 3.63) is 53.8 Å². The number of methoxy groups -OCH3 is 1. The molecular formula is C20H22FNO6. The van der Waals surface area contributed by atoms with Gasteiger partial charge in [0.1, 0.15) is 29.7 Å². The Balaban J connectivity index is 1.67. The van der Waals surface area contributed by atoms with E-state index < -0.39 is 24.3 Å². The highest BCUT2D eigenvalue weighted by atomic mass is 19.1. The van der Waals surface area contributed by atoms with Crippen LogP contribution in [0.5, 0.6) is 17.2 Å². The molecule has 150 valence electrons.